The molecule has 0 unspecified atom stereocenters. The average molecular weight is 324 g/mol. The van der Waals surface area contributed by atoms with E-state index in [1.54, 1.807) is 18.3 Å². The predicted octanol–water partition coefficient (Wildman–Crippen LogP) is 6.36. The first-order chi connectivity index (χ1) is 10.8. The van der Waals surface area contributed by atoms with Gasteiger partial charge in [-0.15, -0.1) is 17.1 Å². The van der Waals surface area contributed by atoms with Gasteiger partial charge in [0.05, 0.1) is 0 Å². The molecule has 0 spiro atoms. The van der Waals surface area contributed by atoms with Crippen molar-refractivity contribution in [2.45, 2.75) is 41.0 Å². The van der Waals surface area contributed by atoms with E-state index in [1.807, 2.05) is 24.3 Å². The molecule has 120 valence electrons. The van der Waals surface area contributed by atoms with E-state index in [0.717, 1.165) is 23.1 Å². The van der Waals surface area contributed by atoms with Gasteiger partial charge in [0.25, 0.3) is 0 Å². The summed E-state index contributed by atoms with van der Waals surface area (Å²) in [6.45, 7) is 10.5. The molecule has 1 heterocycles. The van der Waals surface area contributed by atoms with Gasteiger partial charge >= 0.3 is 0 Å². The molecule has 1 nitrogen and oxygen atoms in total. The molecule has 2 aromatic rings. The summed E-state index contributed by atoms with van der Waals surface area (Å²) >= 11 is 1.72. The van der Waals surface area contributed by atoms with Gasteiger partial charge in [-0.3, -0.25) is 4.79 Å². The van der Waals surface area contributed by atoms with Crippen LogP contribution in [0.25, 0.3) is 5.57 Å². The molecule has 1 aromatic heterocycles. The van der Waals surface area contributed by atoms with Crippen LogP contribution in [0.2, 0.25) is 0 Å². The van der Waals surface area contributed by atoms with Crippen molar-refractivity contribution in [3.63, 3.8) is 0 Å². The Morgan fingerprint density at radius 2 is 1.65 bits per heavy atom. The molecule has 0 bridgehead atoms. The van der Waals surface area contributed by atoms with E-state index in [9.17, 15) is 4.79 Å². The normalized spacial score (nSPS) is 11.0. The number of hydrogen-bond acceptors (Lipinski definition) is 2. The van der Waals surface area contributed by atoms with E-state index in [2.05, 4.69) is 50.9 Å². The highest BCUT2D eigenvalue weighted by Crippen LogP contribution is 2.29. The number of benzene rings is 1. The number of allylic oxidation sites excluding steroid dienone is 1. The second kappa shape index (κ2) is 7.12. The quantitative estimate of drug-likeness (QED) is 0.472. The lowest BCUT2D eigenvalue weighted by molar-refractivity contribution is 0.101. The zero-order valence-corrected chi connectivity index (χ0v) is 15.4. The summed E-state index contributed by atoms with van der Waals surface area (Å²) in [4.78, 5) is 12.7. The Bertz CT molecular complexity index is 734. The minimum absolute atomic E-state index is 0.0951. The molecular weight excluding hydrogens is 300 g/mol. The van der Waals surface area contributed by atoms with Crippen molar-refractivity contribution in [2.24, 2.45) is 5.41 Å². The van der Waals surface area contributed by atoms with Gasteiger partial charge in [-0.2, -0.15) is 0 Å². The van der Waals surface area contributed by atoms with E-state index in [4.69, 9.17) is 0 Å². The maximum absolute atomic E-state index is 11.5. The molecule has 0 aliphatic heterocycles. The summed E-state index contributed by atoms with van der Waals surface area (Å²) in [7, 11) is 0. The van der Waals surface area contributed by atoms with Crippen LogP contribution in [0.5, 0.6) is 0 Å². The largest absolute Gasteiger partial charge is 0.295 e. The summed E-state index contributed by atoms with van der Waals surface area (Å²) < 4.78 is 0. The zero-order chi connectivity index (χ0) is 17.0. The monoisotopic (exact) mass is 324 g/mol. The molecule has 2 rings (SSSR count). The van der Waals surface area contributed by atoms with Gasteiger partial charge in [0.2, 0.25) is 0 Å². The highest BCUT2D eigenvalue weighted by atomic mass is 32.1. The van der Waals surface area contributed by atoms with Gasteiger partial charge in [-0.1, -0.05) is 51.1 Å². The summed E-state index contributed by atoms with van der Waals surface area (Å²) in [6.07, 6.45) is 1.01. The fourth-order valence-electron chi connectivity index (χ4n) is 2.62. The van der Waals surface area contributed by atoms with Crippen molar-refractivity contribution in [1.82, 2.24) is 0 Å². The molecule has 0 atom stereocenters. The van der Waals surface area contributed by atoms with Crippen molar-refractivity contribution in [1.29, 1.82) is 0 Å². The number of carbonyl (C=O) groups is 1. The van der Waals surface area contributed by atoms with Crippen molar-refractivity contribution < 1.29 is 4.79 Å². The molecule has 1 aromatic carbocycles. The molecule has 0 aliphatic rings. The van der Waals surface area contributed by atoms with E-state index >= 15 is 0 Å². The highest BCUT2D eigenvalue weighted by Gasteiger charge is 2.12. The Balaban J connectivity index is 2.51. The van der Waals surface area contributed by atoms with Gasteiger partial charge in [0.1, 0.15) is 0 Å². The minimum atomic E-state index is 0.0951. The Hall–Kier alpha value is -1.89. The zero-order valence-electron chi connectivity index (χ0n) is 14.6. The molecular formula is C21H24OS. The third kappa shape index (κ3) is 5.06. The van der Waals surface area contributed by atoms with Gasteiger partial charge in [0.15, 0.2) is 5.78 Å². The standard InChI is InChI=1S/C21H24OS/c1-15(14-21(3,4)5)13-19(20-7-6-12-23-20)18-10-8-17(9-11-18)16(2)22/h6-12H,14H2,1-5H3. The van der Waals surface area contributed by atoms with E-state index in [-0.39, 0.29) is 11.2 Å². The SMILES string of the molecule is CC(=O)c1ccc(C(=C=C(C)CC(C)(C)C)c2cccs2)cc1. The topological polar surface area (TPSA) is 17.1 Å². The number of ketones is 1. The molecule has 0 saturated heterocycles. The first kappa shape index (κ1) is 17.5. The summed E-state index contributed by atoms with van der Waals surface area (Å²) in [6, 6.07) is 12.0. The maximum Gasteiger partial charge on any atom is 0.159 e. The average Bonchev–Trinajstić information content (AvgIpc) is 2.97. The fourth-order valence-corrected chi connectivity index (χ4v) is 3.37. The Morgan fingerprint density at radius 1 is 1.04 bits per heavy atom. The van der Waals surface area contributed by atoms with Crippen molar-refractivity contribution in [3.8, 4) is 0 Å². The molecule has 23 heavy (non-hydrogen) atoms. The van der Waals surface area contributed by atoms with Crippen LogP contribution in [-0.4, -0.2) is 5.78 Å². The number of carbonyl (C=O) groups excluding carboxylic acids is 1. The van der Waals surface area contributed by atoms with Crippen molar-refractivity contribution in [3.05, 3.63) is 69.1 Å². The Labute approximate surface area is 143 Å². The molecule has 0 aliphatic carbocycles. The predicted molar refractivity (Wildman–Crippen MR) is 100 cm³/mol. The summed E-state index contributed by atoms with van der Waals surface area (Å²) in [5, 5.41) is 2.08. The second-order valence-electron chi connectivity index (χ2n) is 7.13. The van der Waals surface area contributed by atoms with E-state index in [1.165, 1.54) is 10.5 Å². The fraction of sp³-hybridized carbons (Fsp3) is 0.333. The molecule has 2 heteroatoms. The van der Waals surface area contributed by atoms with Crippen LogP contribution >= 0.6 is 11.3 Å². The second-order valence-corrected chi connectivity index (χ2v) is 8.08. The number of hydrogen-bond donors (Lipinski definition) is 0. The lowest BCUT2D eigenvalue weighted by Gasteiger charge is -2.17. The molecule has 0 amide bonds. The van der Waals surface area contributed by atoms with Crippen LogP contribution in [0.3, 0.4) is 0 Å². The van der Waals surface area contributed by atoms with Crippen LogP contribution in [0.4, 0.5) is 0 Å². The molecule has 0 radical (unpaired) electrons. The van der Waals surface area contributed by atoms with Crippen molar-refractivity contribution >= 4 is 22.7 Å². The smallest absolute Gasteiger partial charge is 0.159 e. The Morgan fingerprint density at radius 3 is 2.13 bits per heavy atom. The Kier molecular flexibility index (Phi) is 5.41. The maximum atomic E-state index is 11.5. The van der Waals surface area contributed by atoms with Crippen LogP contribution in [0.15, 0.2) is 53.1 Å². The molecule has 0 saturated carbocycles. The third-order valence-corrected chi connectivity index (χ3v) is 4.37. The number of rotatable bonds is 4. The number of thiophene rings is 1. The van der Waals surface area contributed by atoms with Crippen LogP contribution in [0.1, 0.15) is 61.8 Å². The van der Waals surface area contributed by atoms with E-state index in [0.29, 0.717) is 0 Å². The summed E-state index contributed by atoms with van der Waals surface area (Å²) in [5.74, 6) is 0.0951. The number of Topliss-reactive ketones (excluding diaryl/α,β-unsaturated/α-hetero) is 1. The van der Waals surface area contributed by atoms with Gasteiger partial charge in [0, 0.05) is 16.0 Å². The van der Waals surface area contributed by atoms with Gasteiger partial charge in [-0.05, 0) is 48.3 Å². The first-order valence-corrected chi connectivity index (χ1v) is 8.76. The lowest BCUT2D eigenvalue weighted by Crippen LogP contribution is -2.04. The van der Waals surface area contributed by atoms with Crippen LogP contribution in [-0.2, 0) is 0 Å². The van der Waals surface area contributed by atoms with Crippen molar-refractivity contribution in [2.75, 3.05) is 0 Å². The van der Waals surface area contributed by atoms with Crippen LogP contribution < -0.4 is 0 Å². The van der Waals surface area contributed by atoms with Crippen LogP contribution in [0, 0.1) is 5.41 Å². The minimum Gasteiger partial charge on any atom is -0.295 e. The highest BCUT2D eigenvalue weighted by molar-refractivity contribution is 7.11. The lowest BCUT2D eigenvalue weighted by atomic mass is 9.88. The third-order valence-electron chi connectivity index (χ3n) is 3.48. The van der Waals surface area contributed by atoms with Gasteiger partial charge in [-0.25, -0.2) is 0 Å². The van der Waals surface area contributed by atoms with Gasteiger partial charge < -0.3 is 0 Å². The molecule has 0 fully saturated rings. The first-order valence-electron chi connectivity index (χ1n) is 7.88. The van der Waals surface area contributed by atoms with E-state index < -0.39 is 0 Å². The molecule has 0 N–H and O–H groups in total. The summed E-state index contributed by atoms with van der Waals surface area (Å²) in [5.41, 5.74) is 8.05.